The van der Waals surface area contributed by atoms with E-state index in [1.165, 1.54) is 0 Å². The highest BCUT2D eigenvalue weighted by Crippen LogP contribution is 2.06. The van der Waals surface area contributed by atoms with Crippen LogP contribution in [-0.4, -0.2) is 26.8 Å². The van der Waals surface area contributed by atoms with Gasteiger partial charge in [-0.2, -0.15) is 5.10 Å². The molecule has 0 bridgehead atoms. The van der Waals surface area contributed by atoms with Crippen molar-refractivity contribution in [2.24, 2.45) is 7.05 Å². The van der Waals surface area contributed by atoms with Crippen molar-refractivity contribution in [3.8, 4) is 0 Å². The molecule has 0 radical (unpaired) electrons. The molecule has 0 atom stereocenters. The van der Waals surface area contributed by atoms with Crippen LogP contribution in [0, 0.1) is 0 Å². The molecule has 16 heavy (non-hydrogen) atoms. The summed E-state index contributed by atoms with van der Waals surface area (Å²) in [5, 5.41) is 10.4. The molecule has 0 aromatic carbocycles. The second-order valence-corrected chi connectivity index (χ2v) is 3.37. The summed E-state index contributed by atoms with van der Waals surface area (Å²) >= 11 is 0. The second kappa shape index (κ2) is 4.61. The van der Waals surface area contributed by atoms with Gasteiger partial charge in [0.25, 0.3) is 0 Å². The monoisotopic (exact) mass is 218 g/mol. The van der Waals surface area contributed by atoms with E-state index in [2.05, 4.69) is 25.7 Å². The van der Waals surface area contributed by atoms with Gasteiger partial charge in [0.15, 0.2) is 0 Å². The lowest BCUT2D eigenvalue weighted by Crippen LogP contribution is -2.04. The summed E-state index contributed by atoms with van der Waals surface area (Å²) in [6.45, 7) is 0.642. The molecule has 6 nitrogen and oxygen atoms in total. The summed E-state index contributed by atoms with van der Waals surface area (Å²) in [5.41, 5.74) is 0.971. The van der Waals surface area contributed by atoms with Gasteiger partial charge in [-0.3, -0.25) is 9.67 Å². The van der Waals surface area contributed by atoms with E-state index < -0.39 is 0 Å². The first-order valence-electron chi connectivity index (χ1n) is 5.00. The zero-order valence-electron chi connectivity index (χ0n) is 9.31. The Bertz CT molecular complexity index is 464. The third kappa shape index (κ3) is 2.47. The Morgan fingerprint density at radius 2 is 2.12 bits per heavy atom. The maximum absolute atomic E-state index is 4.29. The van der Waals surface area contributed by atoms with Gasteiger partial charge in [-0.05, 0) is 6.07 Å². The molecular weight excluding hydrogens is 204 g/mol. The first-order valence-corrected chi connectivity index (χ1v) is 5.00. The lowest BCUT2D eigenvalue weighted by molar-refractivity contribution is 0.747. The lowest BCUT2D eigenvalue weighted by Gasteiger charge is -2.04. The van der Waals surface area contributed by atoms with Crippen LogP contribution in [0.15, 0.2) is 24.7 Å². The number of hydrogen-bond acceptors (Lipinski definition) is 5. The molecular formula is C10H14N6. The molecule has 2 N–H and O–H groups in total. The van der Waals surface area contributed by atoms with Crippen LogP contribution in [-0.2, 0) is 13.6 Å². The fourth-order valence-corrected chi connectivity index (χ4v) is 1.31. The van der Waals surface area contributed by atoms with Gasteiger partial charge in [0.05, 0.1) is 24.6 Å². The maximum Gasteiger partial charge on any atom is 0.147 e. The fraction of sp³-hybridized carbons (Fsp3) is 0.300. The lowest BCUT2D eigenvalue weighted by atomic mass is 10.4. The summed E-state index contributed by atoms with van der Waals surface area (Å²) in [6.07, 6.45) is 5.27. The number of rotatable bonds is 4. The van der Waals surface area contributed by atoms with E-state index in [-0.39, 0.29) is 0 Å². The minimum Gasteiger partial charge on any atom is -0.372 e. The minimum absolute atomic E-state index is 0.642. The summed E-state index contributed by atoms with van der Waals surface area (Å²) < 4.78 is 1.77. The average molecular weight is 218 g/mol. The third-order valence-corrected chi connectivity index (χ3v) is 2.11. The second-order valence-electron chi connectivity index (χ2n) is 3.37. The Morgan fingerprint density at radius 3 is 2.81 bits per heavy atom. The zero-order valence-corrected chi connectivity index (χ0v) is 9.31. The summed E-state index contributed by atoms with van der Waals surface area (Å²) in [6, 6.07) is 1.96. The van der Waals surface area contributed by atoms with Crippen LogP contribution < -0.4 is 10.6 Å². The molecule has 0 saturated heterocycles. The first-order chi connectivity index (χ1) is 7.78. The molecule has 84 valence electrons. The predicted molar refractivity (Wildman–Crippen MR) is 62.1 cm³/mol. The van der Waals surface area contributed by atoms with Crippen molar-refractivity contribution < 1.29 is 0 Å². The summed E-state index contributed by atoms with van der Waals surface area (Å²) in [5.74, 6) is 1.48. The number of nitrogens with one attached hydrogen (secondary N) is 2. The fourth-order valence-electron chi connectivity index (χ4n) is 1.31. The molecule has 0 amide bonds. The van der Waals surface area contributed by atoms with Gasteiger partial charge < -0.3 is 10.6 Å². The highest BCUT2D eigenvalue weighted by molar-refractivity contribution is 5.41. The molecule has 0 aliphatic rings. The smallest absolute Gasteiger partial charge is 0.147 e. The first kappa shape index (κ1) is 10.4. The van der Waals surface area contributed by atoms with Crippen molar-refractivity contribution >= 4 is 11.6 Å². The van der Waals surface area contributed by atoms with Crippen molar-refractivity contribution in [3.05, 3.63) is 30.4 Å². The summed E-state index contributed by atoms with van der Waals surface area (Å²) in [7, 11) is 3.71. The largest absolute Gasteiger partial charge is 0.372 e. The average Bonchev–Trinajstić information content (AvgIpc) is 2.73. The van der Waals surface area contributed by atoms with Gasteiger partial charge in [0.2, 0.25) is 0 Å². The van der Waals surface area contributed by atoms with Crippen molar-refractivity contribution in [1.29, 1.82) is 0 Å². The van der Waals surface area contributed by atoms with E-state index in [9.17, 15) is 0 Å². The number of nitrogens with zero attached hydrogens (tertiary/aromatic N) is 4. The van der Waals surface area contributed by atoms with Crippen LogP contribution in [0.25, 0.3) is 0 Å². The number of anilines is 2. The topological polar surface area (TPSA) is 67.7 Å². The Hall–Kier alpha value is -2.11. The molecule has 0 saturated carbocycles. The summed E-state index contributed by atoms with van der Waals surface area (Å²) in [4.78, 5) is 8.35. The number of hydrogen-bond donors (Lipinski definition) is 2. The number of aryl methyl sites for hydroxylation is 1. The predicted octanol–water partition coefficient (Wildman–Crippen LogP) is 0.864. The highest BCUT2D eigenvalue weighted by Gasteiger charge is 1.99. The quantitative estimate of drug-likeness (QED) is 0.796. The molecule has 0 fully saturated rings. The Morgan fingerprint density at radius 1 is 1.31 bits per heavy atom. The van der Waals surface area contributed by atoms with E-state index in [0.717, 1.165) is 17.3 Å². The van der Waals surface area contributed by atoms with Crippen molar-refractivity contribution in [2.45, 2.75) is 6.54 Å². The Kier molecular flexibility index (Phi) is 3.00. The molecule has 2 rings (SSSR count). The third-order valence-electron chi connectivity index (χ3n) is 2.11. The van der Waals surface area contributed by atoms with Gasteiger partial charge in [-0.15, -0.1) is 0 Å². The standard InChI is InChI=1S/C10H14N6/c1-11-9-6-12-7-10(14-9)13-5-8-3-4-16(2)15-8/h3-4,6-7H,5H2,1-2H3,(H2,11,13,14). The minimum atomic E-state index is 0.642. The highest BCUT2D eigenvalue weighted by atomic mass is 15.3. The van der Waals surface area contributed by atoms with Crippen LogP contribution in [0.3, 0.4) is 0 Å². The zero-order chi connectivity index (χ0) is 11.4. The molecule has 0 unspecified atom stereocenters. The van der Waals surface area contributed by atoms with Crippen LogP contribution in [0.1, 0.15) is 5.69 Å². The van der Waals surface area contributed by atoms with Gasteiger partial charge in [-0.25, -0.2) is 4.98 Å². The molecule has 2 aromatic heterocycles. The van der Waals surface area contributed by atoms with Crippen LogP contribution in [0.2, 0.25) is 0 Å². The van der Waals surface area contributed by atoms with E-state index in [4.69, 9.17) is 0 Å². The van der Waals surface area contributed by atoms with Crippen molar-refractivity contribution in [1.82, 2.24) is 19.7 Å². The van der Waals surface area contributed by atoms with E-state index in [1.54, 1.807) is 17.1 Å². The molecule has 0 aliphatic carbocycles. The molecule has 0 aliphatic heterocycles. The molecule has 2 heterocycles. The van der Waals surface area contributed by atoms with E-state index in [1.807, 2.05) is 26.4 Å². The van der Waals surface area contributed by atoms with Crippen LogP contribution >= 0.6 is 0 Å². The Balaban J connectivity index is 1.99. The van der Waals surface area contributed by atoms with Crippen LogP contribution in [0.5, 0.6) is 0 Å². The maximum atomic E-state index is 4.29. The normalized spacial score (nSPS) is 10.1. The number of aromatic nitrogens is 4. The van der Waals surface area contributed by atoms with Crippen molar-refractivity contribution in [3.63, 3.8) is 0 Å². The molecule has 6 heteroatoms. The SMILES string of the molecule is CNc1cncc(NCc2ccn(C)n2)n1. The van der Waals surface area contributed by atoms with Gasteiger partial charge >= 0.3 is 0 Å². The van der Waals surface area contributed by atoms with Gasteiger partial charge in [0.1, 0.15) is 11.6 Å². The van der Waals surface area contributed by atoms with Crippen molar-refractivity contribution in [2.75, 3.05) is 17.7 Å². The van der Waals surface area contributed by atoms with Crippen LogP contribution in [0.4, 0.5) is 11.6 Å². The van der Waals surface area contributed by atoms with E-state index >= 15 is 0 Å². The van der Waals surface area contributed by atoms with Gasteiger partial charge in [0, 0.05) is 20.3 Å². The van der Waals surface area contributed by atoms with E-state index in [0.29, 0.717) is 6.54 Å². The Labute approximate surface area is 93.7 Å². The molecule has 2 aromatic rings. The molecule has 0 spiro atoms. The van der Waals surface area contributed by atoms with Gasteiger partial charge in [-0.1, -0.05) is 0 Å².